The number of benzene rings is 1. The summed E-state index contributed by atoms with van der Waals surface area (Å²) in [5.74, 6) is 0.790. The molecule has 7 heteroatoms. The number of hydrogen-bond acceptors (Lipinski definition) is 6. The van der Waals surface area contributed by atoms with Gasteiger partial charge in [-0.2, -0.15) is 0 Å². The van der Waals surface area contributed by atoms with E-state index in [1.165, 1.54) is 22.2 Å². The van der Waals surface area contributed by atoms with Crippen LogP contribution in [0.4, 0.5) is 0 Å². The Bertz CT molecular complexity index is 897. The minimum Gasteiger partial charge on any atom is -0.411 e. The molecule has 5 nitrogen and oxygen atoms in total. The first-order chi connectivity index (χ1) is 12.4. The first kappa shape index (κ1) is 18.7. The van der Waals surface area contributed by atoms with E-state index in [9.17, 15) is 4.79 Å². The first-order valence-electron chi connectivity index (χ1n) is 8.24. The van der Waals surface area contributed by atoms with Crippen LogP contribution < -0.4 is 0 Å². The molecule has 0 aliphatic rings. The maximum atomic E-state index is 12.3. The fraction of sp³-hybridized carbons (Fsp3) is 0.316. The zero-order valence-corrected chi connectivity index (χ0v) is 16.9. The third-order valence-electron chi connectivity index (χ3n) is 3.97. The van der Waals surface area contributed by atoms with E-state index in [0.29, 0.717) is 17.7 Å². The molecule has 2 aromatic heterocycles. The molecular formula is C19H21N3O2S2. The maximum Gasteiger partial charge on any atom is 0.277 e. The average Bonchev–Trinajstić information content (AvgIpc) is 3.21. The number of nitrogens with zero attached hydrogens (tertiary/aromatic N) is 3. The number of carbonyl (C=O) groups excluding carboxylic acids is 1. The number of hydrogen-bond donors (Lipinski definition) is 0. The Kier molecular flexibility index (Phi) is 5.78. The standard InChI is InChI=1S/C19H21N3O2S2/c1-12-7-13(2)9-15(8-12)18-20-21-19(24-18)26-11-17(23)22(4)10-16-14(3)5-6-25-16/h5-9H,10-11H2,1-4H3. The molecule has 1 aromatic carbocycles. The highest BCUT2D eigenvalue weighted by molar-refractivity contribution is 7.99. The minimum atomic E-state index is 0.0361. The van der Waals surface area contributed by atoms with Crippen LogP contribution in [0.25, 0.3) is 11.5 Å². The van der Waals surface area contributed by atoms with Gasteiger partial charge in [-0.3, -0.25) is 4.79 Å². The lowest BCUT2D eigenvalue weighted by atomic mass is 10.1. The van der Waals surface area contributed by atoms with Gasteiger partial charge in [-0.05, 0) is 49.9 Å². The Hall–Kier alpha value is -2.12. The van der Waals surface area contributed by atoms with Gasteiger partial charge in [-0.1, -0.05) is 29.0 Å². The van der Waals surface area contributed by atoms with Crippen molar-refractivity contribution in [3.05, 3.63) is 51.2 Å². The summed E-state index contributed by atoms with van der Waals surface area (Å²) < 4.78 is 5.71. The predicted octanol–water partition coefficient (Wildman–Crippen LogP) is 4.47. The molecule has 0 radical (unpaired) electrons. The Morgan fingerprint density at radius 2 is 1.92 bits per heavy atom. The van der Waals surface area contributed by atoms with Crippen molar-refractivity contribution in [1.82, 2.24) is 15.1 Å². The molecule has 0 N–H and O–H groups in total. The van der Waals surface area contributed by atoms with E-state index in [-0.39, 0.29) is 11.7 Å². The zero-order chi connectivity index (χ0) is 18.7. The van der Waals surface area contributed by atoms with Gasteiger partial charge in [-0.15, -0.1) is 21.5 Å². The Balaban J connectivity index is 1.59. The molecule has 3 rings (SSSR count). The third-order valence-corrected chi connectivity index (χ3v) is 5.78. The fourth-order valence-electron chi connectivity index (χ4n) is 2.59. The van der Waals surface area contributed by atoms with Crippen molar-refractivity contribution < 1.29 is 9.21 Å². The Labute approximate surface area is 161 Å². The van der Waals surface area contributed by atoms with Gasteiger partial charge in [0.25, 0.3) is 5.22 Å². The van der Waals surface area contributed by atoms with E-state index in [2.05, 4.69) is 29.3 Å². The molecule has 0 saturated carbocycles. The number of thiophene rings is 1. The smallest absolute Gasteiger partial charge is 0.277 e. The summed E-state index contributed by atoms with van der Waals surface area (Å²) in [6, 6.07) is 8.19. The second kappa shape index (κ2) is 8.05. The van der Waals surface area contributed by atoms with E-state index in [0.717, 1.165) is 16.7 Å². The number of aryl methyl sites for hydroxylation is 3. The maximum absolute atomic E-state index is 12.3. The van der Waals surface area contributed by atoms with E-state index in [4.69, 9.17) is 4.42 Å². The Morgan fingerprint density at radius 1 is 1.19 bits per heavy atom. The van der Waals surface area contributed by atoms with Crippen molar-refractivity contribution in [2.24, 2.45) is 0 Å². The third kappa shape index (κ3) is 4.53. The molecule has 0 spiro atoms. The van der Waals surface area contributed by atoms with Gasteiger partial charge in [0.2, 0.25) is 11.8 Å². The molecule has 0 aliphatic carbocycles. The lowest BCUT2D eigenvalue weighted by molar-refractivity contribution is -0.127. The summed E-state index contributed by atoms with van der Waals surface area (Å²) in [5, 5.41) is 10.6. The molecule has 0 aliphatic heterocycles. The largest absolute Gasteiger partial charge is 0.411 e. The zero-order valence-electron chi connectivity index (χ0n) is 15.3. The van der Waals surface area contributed by atoms with Crippen LogP contribution in [-0.2, 0) is 11.3 Å². The summed E-state index contributed by atoms with van der Waals surface area (Å²) in [5.41, 5.74) is 4.41. The second-order valence-corrected chi connectivity index (χ2v) is 8.24. The topological polar surface area (TPSA) is 59.2 Å². The van der Waals surface area contributed by atoms with Crippen molar-refractivity contribution in [3.63, 3.8) is 0 Å². The SMILES string of the molecule is Cc1cc(C)cc(-c2nnc(SCC(=O)N(C)Cc3sccc3C)o2)c1. The summed E-state index contributed by atoms with van der Waals surface area (Å²) in [6.45, 7) is 6.76. The molecule has 136 valence electrons. The van der Waals surface area contributed by atoms with Gasteiger partial charge in [-0.25, -0.2) is 0 Å². The lowest BCUT2D eigenvalue weighted by Gasteiger charge is -2.16. The van der Waals surface area contributed by atoms with Crippen LogP contribution in [0, 0.1) is 20.8 Å². The van der Waals surface area contributed by atoms with Crippen LogP contribution >= 0.6 is 23.1 Å². The van der Waals surface area contributed by atoms with Crippen LogP contribution in [0.15, 0.2) is 39.3 Å². The molecule has 26 heavy (non-hydrogen) atoms. The summed E-state index contributed by atoms with van der Waals surface area (Å²) in [4.78, 5) is 15.3. The van der Waals surface area contributed by atoms with Gasteiger partial charge in [0.15, 0.2) is 0 Å². The Morgan fingerprint density at radius 3 is 2.58 bits per heavy atom. The number of rotatable bonds is 6. The fourth-order valence-corrected chi connectivity index (χ4v) is 4.25. The van der Waals surface area contributed by atoms with Crippen molar-refractivity contribution >= 4 is 29.0 Å². The molecule has 1 amide bonds. The molecular weight excluding hydrogens is 366 g/mol. The van der Waals surface area contributed by atoms with Crippen LogP contribution in [0.5, 0.6) is 0 Å². The summed E-state index contributed by atoms with van der Waals surface area (Å²) in [6.07, 6.45) is 0. The quantitative estimate of drug-likeness (QED) is 0.584. The van der Waals surface area contributed by atoms with Crippen molar-refractivity contribution in [3.8, 4) is 11.5 Å². The van der Waals surface area contributed by atoms with Crippen molar-refractivity contribution in [2.45, 2.75) is 32.5 Å². The molecule has 0 saturated heterocycles. The lowest BCUT2D eigenvalue weighted by Crippen LogP contribution is -2.27. The highest BCUT2D eigenvalue weighted by Crippen LogP contribution is 2.25. The first-order valence-corrected chi connectivity index (χ1v) is 10.1. The monoisotopic (exact) mass is 387 g/mol. The van der Waals surface area contributed by atoms with Gasteiger partial charge >= 0.3 is 0 Å². The number of thioether (sulfide) groups is 1. The summed E-state index contributed by atoms with van der Waals surface area (Å²) >= 11 is 2.94. The molecule has 0 atom stereocenters. The molecule has 0 unspecified atom stereocenters. The molecule has 0 fully saturated rings. The van der Waals surface area contributed by atoms with E-state index < -0.39 is 0 Å². The highest BCUT2D eigenvalue weighted by Gasteiger charge is 2.15. The van der Waals surface area contributed by atoms with E-state index in [1.807, 2.05) is 38.4 Å². The summed E-state index contributed by atoms with van der Waals surface area (Å²) in [7, 11) is 1.82. The van der Waals surface area contributed by atoms with Crippen molar-refractivity contribution in [1.29, 1.82) is 0 Å². The van der Waals surface area contributed by atoms with Gasteiger partial charge in [0, 0.05) is 17.5 Å². The van der Waals surface area contributed by atoms with Crippen LogP contribution in [0.1, 0.15) is 21.6 Å². The number of carbonyl (C=O) groups is 1. The number of aromatic nitrogens is 2. The van der Waals surface area contributed by atoms with Crippen molar-refractivity contribution in [2.75, 3.05) is 12.8 Å². The van der Waals surface area contributed by atoms with Gasteiger partial charge < -0.3 is 9.32 Å². The molecule has 3 aromatic rings. The predicted molar refractivity (Wildman–Crippen MR) is 105 cm³/mol. The van der Waals surface area contributed by atoms with E-state index >= 15 is 0 Å². The van der Waals surface area contributed by atoms with Crippen LogP contribution in [0.3, 0.4) is 0 Å². The highest BCUT2D eigenvalue weighted by atomic mass is 32.2. The minimum absolute atomic E-state index is 0.0361. The molecule has 0 bridgehead atoms. The molecule has 2 heterocycles. The number of amides is 1. The van der Waals surface area contributed by atoms with Gasteiger partial charge in [0.1, 0.15) is 0 Å². The van der Waals surface area contributed by atoms with E-state index in [1.54, 1.807) is 16.2 Å². The van der Waals surface area contributed by atoms with Gasteiger partial charge in [0.05, 0.1) is 12.3 Å². The average molecular weight is 388 g/mol. The van der Waals surface area contributed by atoms with Crippen LogP contribution in [-0.4, -0.2) is 33.8 Å². The second-order valence-electron chi connectivity index (χ2n) is 6.31. The normalized spacial score (nSPS) is 10.9. The van der Waals surface area contributed by atoms with Crippen LogP contribution in [0.2, 0.25) is 0 Å².